The fourth-order valence-electron chi connectivity index (χ4n) is 1.34. The van der Waals surface area contributed by atoms with Crippen molar-refractivity contribution in [1.82, 2.24) is 14.3 Å². The number of hydrogen-bond donors (Lipinski definition) is 0. The first-order valence-electron chi connectivity index (χ1n) is 4.97. The molecule has 0 aliphatic rings. The standard InChI is InChI=1S/C9H12N4O2S2/c1-11(2)3-5-16-7-8(13(14)15)12-4-6-17-9(12)10-7/h4,6H,3,5H2,1-2H3. The molecule has 0 aliphatic heterocycles. The Morgan fingerprint density at radius 1 is 1.65 bits per heavy atom. The predicted octanol–water partition coefficient (Wildman–Crippen LogP) is 1.96. The Kier molecular flexibility index (Phi) is 3.65. The Bertz CT molecular complexity index is 534. The topological polar surface area (TPSA) is 63.7 Å². The molecule has 8 heteroatoms. The average molecular weight is 272 g/mol. The third-order valence-electron chi connectivity index (χ3n) is 2.16. The summed E-state index contributed by atoms with van der Waals surface area (Å²) in [4.78, 5) is 17.6. The van der Waals surface area contributed by atoms with Gasteiger partial charge < -0.3 is 15.0 Å². The van der Waals surface area contributed by atoms with Crippen molar-refractivity contribution in [2.75, 3.05) is 26.4 Å². The average Bonchev–Trinajstić information content (AvgIpc) is 2.75. The molecule has 0 spiro atoms. The van der Waals surface area contributed by atoms with Crippen LogP contribution in [-0.2, 0) is 0 Å². The maximum atomic E-state index is 11.0. The minimum Gasteiger partial charge on any atom is -0.358 e. The van der Waals surface area contributed by atoms with Gasteiger partial charge in [-0.1, -0.05) is 23.1 Å². The molecule has 0 N–H and O–H groups in total. The van der Waals surface area contributed by atoms with Crippen LogP contribution < -0.4 is 0 Å². The van der Waals surface area contributed by atoms with Crippen molar-refractivity contribution in [3.8, 4) is 0 Å². The predicted molar refractivity (Wildman–Crippen MR) is 69.0 cm³/mol. The van der Waals surface area contributed by atoms with E-state index in [4.69, 9.17) is 0 Å². The molecule has 2 aromatic rings. The van der Waals surface area contributed by atoms with E-state index in [1.54, 1.807) is 11.6 Å². The third kappa shape index (κ3) is 2.59. The van der Waals surface area contributed by atoms with Gasteiger partial charge in [0.1, 0.15) is 6.20 Å². The Morgan fingerprint density at radius 2 is 2.41 bits per heavy atom. The van der Waals surface area contributed by atoms with Gasteiger partial charge in [-0.15, -0.1) is 0 Å². The highest BCUT2D eigenvalue weighted by Gasteiger charge is 2.23. The maximum Gasteiger partial charge on any atom is 0.362 e. The number of imidazole rings is 1. The zero-order valence-electron chi connectivity index (χ0n) is 9.49. The Labute approximate surface area is 106 Å². The number of nitrogens with zero attached hydrogens (tertiary/aromatic N) is 4. The van der Waals surface area contributed by atoms with E-state index in [-0.39, 0.29) is 10.7 Å². The lowest BCUT2D eigenvalue weighted by molar-refractivity contribution is -0.393. The summed E-state index contributed by atoms with van der Waals surface area (Å²) in [7, 11) is 3.95. The third-order valence-corrected chi connectivity index (χ3v) is 3.85. The molecule has 0 unspecified atom stereocenters. The quantitative estimate of drug-likeness (QED) is 0.473. The summed E-state index contributed by atoms with van der Waals surface area (Å²) >= 11 is 2.83. The largest absolute Gasteiger partial charge is 0.362 e. The van der Waals surface area contributed by atoms with E-state index in [1.807, 2.05) is 19.0 Å². The van der Waals surface area contributed by atoms with Crippen LogP contribution in [0.25, 0.3) is 4.96 Å². The summed E-state index contributed by atoms with van der Waals surface area (Å²) in [5.41, 5.74) is 0. The highest BCUT2D eigenvalue weighted by molar-refractivity contribution is 7.99. The highest BCUT2D eigenvalue weighted by Crippen LogP contribution is 2.31. The number of aromatic nitrogens is 2. The van der Waals surface area contributed by atoms with Gasteiger partial charge >= 0.3 is 5.82 Å². The van der Waals surface area contributed by atoms with Crippen LogP contribution in [0.2, 0.25) is 0 Å². The van der Waals surface area contributed by atoms with Crippen LogP contribution in [0.5, 0.6) is 0 Å². The van der Waals surface area contributed by atoms with Gasteiger partial charge in [-0.3, -0.25) is 0 Å². The van der Waals surface area contributed by atoms with E-state index in [9.17, 15) is 10.1 Å². The van der Waals surface area contributed by atoms with Gasteiger partial charge in [0.25, 0.3) is 4.96 Å². The van der Waals surface area contributed by atoms with E-state index in [2.05, 4.69) is 4.98 Å². The summed E-state index contributed by atoms with van der Waals surface area (Å²) in [6.07, 6.45) is 1.68. The summed E-state index contributed by atoms with van der Waals surface area (Å²) < 4.78 is 1.53. The molecule has 6 nitrogen and oxygen atoms in total. The zero-order valence-corrected chi connectivity index (χ0v) is 11.1. The molecular formula is C9H12N4O2S2. The summed E-state index contributed by atoms with van der Waals surface area (Å²) in [6, 6.07) is 0. The Balaban J connectivity index is 2.23. The molecule has 0 radical (unpaired) electrons. The lowest BCUT2D eigenvalue weighted by Gasteiger charge is -2.07. The van der Waals surface area contributed by atoms with Gasteiger partial charge in [0.15, 0.2) is 5.03 Å². The lowest BCUT2D eigenvalue weighted by Crippen LogP contribution is -2.14. The second kappa shape index (κ2) is 5.03. The fraction of sp³-hybridized carbons (Fsp3) is 0.444. The van der Waals surface area contributed by atoms with Crippen molar-refractivity contribution < 1.29 is 4.92 Å². The monoisotopic (exact) mass is 272 g/mol. The molecular weight excluding hydrogens is 260 g/mol. The number of thiazole rings is 1. The number of hydrogen-bond acceptors (Lipinski definition) is 6. The van der Waals surface area contributed by atoms with Gasteiger partial charge in [0, 0.05) is 17.7 Å². The van der Waals surface area contributed by atoms with Crippen molar-refractivity contribution in [1.29, 1.82) is 0 Å². The minimum atomic E-state index is -0.370. The first kappa shape index (κ1) is 12.3. The fourth-order valence-corrected chi connectivity index (χ4v) is 3.21. The highest BCUT2D eigenvalue weighted by atomic mass is 32.2. The van der Waals surface area contributed by atoms with Gasteiger partial charge in [-0.25, -0.2) is 0 Å². The van der Waals surface area contributed by atoms with Crippen LogP contribution in [0.3, 0.4) is 0 Å². The molecule has 0 aromatic carbocycles. The molecule has 2 aromatic heterocycles. The van der Waals surface area contributed by atoms with Crippen LogP contribution >= 0.6 is 23.1 Å². The molecule has 92 valence electrons. The van der Waals surface area contributed by atoms with Crippen molar-refractivity contribution in [2.45, 2.75) is 5.03 Å². The molecule has 0 aliphatic carbocycles. The Morgan fingerprint density at radius 3 is 3.06 bits per heavy atom. The van der Waals surface area contributed by atoms with E-state index in [0.717, 1.165) is 12.3 Å². The molecule has 0 saturated heterocycles. The number of fused-ring (bicyclic) bond motifs is 1. The maximum absolute atomic E-state index is 11.0. The number of thioether (sulfide) groups is 1. The normalized spacial score (nSPS) is 11.5. The lowest BCUT2D eigenvalue weighted by atomic mass is 10.7. The van der Waals surface area contributed by atoms with Crippen LogP contribution in [0, 0.1) is 10.1 Å². The minimum absolute atomic E-state index is 0.0741. The summed E-state index contributed by atoms with van der Waals surface area (Å²) in [5, 5.41) is 13.3. The zero-order chi connectivity index (χ0) is 12.4. The molecule has 2 heterocycles. The molecule has 0 atom stereocenters. The number of rotatable bonds is 5. The number of nitro groups is 1. The molecule has 0 amide bonds. The summed E-state index contributed by atoms with van der Waals surface area (Å²) in [6.45, 7) is 0.868. The second-order valence-electron chi connectivity index (χ2n) is 3.70. The molecule has 0 bridgehead atoms. The van der Waals surface area contributed by atoms with Crippen molar-refractivity contribution in [3.63, 3.8) is 0 Å². The van der Waals surface area contributed by atoms with Crippen LogP contribution in [0.1, 0.15) is 0 Å². The first-order valence-corrected chi connectivity index (χ1v) is 6.83. The smallest absolute Gasteiger partial charge is 0.358 e. The van der Waals surface area contributed by atoms with Gasteiger partial charge in [-0.05, 0) is 19.0 Å². The van der Waals surface area contributed by atoms with Crippen LogP contribution in [-0.4, -0.2) is 45.6 Å². The van der Waals surface area contributed by atoms with Gasteiger partial charge in [0.05, 0.1) is 0 Å². The molecule has 17 heavy (non-hydrogen) atoms. The van der Waals surface area contributed by atoms with E-state index in [0.29, 0.717) is 9.99 Å². The van der Waals surface area contributed by atoms with E-state index >= 15 is 0 Å². The molecule has 2 rings (SSSR count). The van der Waals surface area contributed by atoms with Crippen molar-refractivity contribution in [3.05, 3.63) is 21.7 Å². The van der Waals surface area contributed by atoms with Gasteiger partial charge in [0.2, 0.25) is 0 Å². The van der Waals surface area contributed by atoms with E-state index in [1.165, 1.54) is 27.5 Å². The van der Waals surface area contributed by atoms with Crippen LogP contribution in [0.4, 0.5) is 5.82 Å². The molecule has 0 fully saturated rings. The van der Waals surface area contributed by atoms with Crippen molar-refractivity contribution in [2.24, 2.45) is 0 Å². The second-order valence-corrected chi connectivity index (χ2v) is 5.66. The summed E-state index contributed by atoms with van der Waals surface area (Å²) in [5.74, 6) is 0.864. The van der Waals surface area contributed by atoms with Crippen molar-refractivity contribution >= 4 is 33.9 Å². The van der Waals surface area contributed by atoms with Gasteiger partial charge in [-0.2, -0.15) is 9.38 Å². The first-order chi connectivity index (χ1) is 8.09. The van der Waals surface area contributed by atoms with Crippen LogP contribution in [0.15, 0.2) is 16.6 Å². The molecule has 0 saturated carbocycles. The Hall–Kier alpha value is -1.12. The van der Waals surface area contributed by atoms with E-state index < -0.39 is 0 Å². The SMILES string of the molecule is CN(C)CCSc1nc2sccn2c1[N+](=O)[O-].